The van der Waals surface area contributed by atoms with Crippen molar-refractivity contribution in [2.24, 2.45) is 0 Å². The van der Waals surface area contributed by atoms with Gasteiger partial charge in [0.2, 0.25) is 0 Å². The van der Waals surface area contributed by atoms with Crippen molar-refractivity contribution in [3.63, 3.8) is 0 Å². The average molecular weight is 240 g/mol. The molecule has 0 saturated carbocycles. The minimum absolute atomic E-state index is 0.285. The molecular weight excluding hydrogens is 216 g/mol. The zero-order valence-electron chi connectivity index (χ0n) is 10.3. The van der Waals surface area contributed by atoms with Crippen molar-refractivity contribution >= 4 is 11.8 Å². The van der Waals surface area contributed by atoms with Crippen LogP contribution in [0, 0.1) is 0 Å². The highest BCUT2D eigenvalue weighted by Gasteiger charge is 1.82. The summed E-state index contributed by atoms with van der Waals surface area (Å²) in [5.41, 5.74) is 0. The first-order valence-electron chi connectivity index (χ1n) is 6.01. The fourth-order valence-corrected chi connectivity index (χ4v) is 1.76. The van der Waals surface area contributed by atoms with Crippen molar-refractivity contribution in [3.8, 4) is 0 Å². The van der Waals surface area contributed by atoms with E-state index < -0.39 is 0 Å². The molecule has 0 fully saturated rings. The van der Waals surface area contributed by atoms with E-state index in [1.54, 1.807) is 11.8 Å². The first kappa shape index (κ1) is 15.5. The summed E-state index contributed by atoms with van der Waals surface area (Å²) in [6.45, 7) is 2.34. The number of thioether (sulfide) groups is 1. The van der Waals surface area contributed by atoms with Gasteiger partial charge in [-0.2, -0.15) is 11.8 Å². The molecule has 0 bridgehead atoms. The van der Waals surface area contributed by atoms with Crippen LogP contribution in [-0.4, -0.2) is 23.2 Å². The van der Waals surface area contributed by atoms with Crippen LogP contribution in [0.5, 0.6) is 0 Å². The summed E-state index contributed by atoms with van der Waals surface area (Å²) in [4.78, 5) is 0. The fourth-order valence-electron chi connectivity index (χ4n) is 1.19. The third kappa shape index (κ3) is 13.5. The van der Waals surface area contributed by atoms with E-state index in [0.29, 0.717) is 0 Å². The maximum absolute atomic E-state index is 8.57. The van der Waals surface area contributed by atoms with E-state index in [1.165, 1.54) is 0 Å². The van der Waals surface area contributed by atoms with Crippen LogP contribution in [0.25, 0.3) is 0 Å². The van der Waals surface area contributed by atoms with Gasteiger partial charge in [0.1, 0.15) is 0 Å². The van der Waals surface area contributed by atoms with E-state index in [0.717, 1.165) is 37.2 Å². The Kier molecular flexibility index (Phi) is 14.1. The molecule has 0 aromatic carbocycles. The fraction of sp³-hybridized carbons (Fsp3) is 0.571. The summed E-state index contributed by atoms with van der Waals surface area (Å²) in [5, 5.41) is 8.57. The predicted molar refractivity (Wildman–Crippen MR) is 76.0 cm³/mol. The molecule has 0 aromatic rings. The van der Waals surface area contributed by atoms with Crippen molar-refractivity contribution in [2.75, 3.05) is 18.1 Å². The molecule has 0 atom stereocenters. The minimum Gasteiger partial charge on any atom is -0.396 e. The van der Waals surface area contributed by atoms with Crippen LogP contribution >= 0.6 is 11.8 Å². The van der Waals surface area contributed by atoms with Crippen LogP contribution < -0.4 is 0 Å². The zero-order valence-corrected chi connectivity index (χ0v) is 11.1. The van der Waals surface area contributed by atoms with Crippen LogP contribution in [-0.2, 0) is 0 Å². The predicted octanol–water partition coefficient (Wildman–Crippen LogP) is 3.96. The minimum atomic E-state index is 0.285. The Morgan fingerprint density at radius 3 is 2.00 bits per heavy atom. The van der Waals surface area contributed by atoms with E-state index in [9.17, 15) is 0 Å². The molecule has 0 radical (unpaired) electrons. The number of hydrogen-bond acceptors (Lipinski definition) is 2. The van der Waals surface area contributed by atoms with Gasteiger partial charge in [-0.3, -0.25) is 0 Å². The first-order valence-corrected chi connectivity index (χ1v) is 7.17. The van der Waals surface area contributed by atoms with Gasteiger partial charge in [-0.25, -0.2) is 0 Å². The van der Waals surface area contributed by atoms with Crippen molar-refractivity contribution in [1.82, 2.24) is 0 Å². The van der Waals surface area contributed by atoms with E-state index >= 15 is 0 Å². The van der Waals surface area contributed by atoms with Gasteiger partial charge in [0.15, 0.2) is 0 Å². The van der Waals surface area contributed by atoms with Gasteiger partial charge >= 0.3 is 0 Å². The lowest BCUT2D eigenvalue weighted by Crippen LogP contribution is -1.85. The summed E-state index contributed by atoms with van der Waals surface area (Å²) in [6, 6.07) is 0. The Morgan fingerprint density at radius 1 is 0.875 bits per heavy atom. The lowest BCUT2D eigenvalue weighted by molar-refractivity contribution is 0.322. The topological polar surface area (TPSA) is 20.2 Å². The van der Waals surface area contributed by atoms with Gasteiger partial charge in [0.25, 0.3) is 0 Å². The summed E-state index contributed by atoms with van der Waals surface area (Å²) in [5.74, 6) is 1.86. The van der Waals surface area contributed by atoms with Crippen molar-refractivity contribution in [1.29, 1.82) is 0 Å². The normalized spacial score (nSPS) is 12.4. The number of unbranched alkanes of at least 4 members (excludes halogenated alkanes) is 2. The van der Waals surface area contributed by atoms with Crippen LogP contribution in [0.1, 0.15) is 32.6 Å². The third-order valence-electron chi connectivity index (χ3n) is 2.02. The quantitative estimate of drug-likeness (QED) is 0.461. The second-order valence-electron chi connectivity index (χ2n) is 3.47. The molecule has 0 aromatic heterocycles. The number of rotatable bonds is 10. The van der Waals surface area contributed by atoms with Gasteiger partial charge in [0.05, 0.1) is 6.61 Å². The smallest absolute Gasteiger partial charge is 0.0521 e. The average Bonchev–Trinajstić information content (AvgIpc) is 2.31. The van der Waals surface area contributed by atoms with Gasteiger partial charge in [-0.15, -0.1) is 0 Å². The SMILES string of the molecule is CC=CCCC=CCCC=CCSCCO. The van der Waals surface area contributed by atoms with Crippen LogP contribution in [0.15, 0.2) is 36.5 Å². The molecule has 0 amide bonds. The van der Waals surface area contributed by atoms with Gasteiger partial charge in [-0.05, 0) is 32.6 Å². The molecule has 0 aliphatic heterocycles. The second-order valence-corrected chi connectivity index (χ2v) is 4.61. The highest BCUT2D eigenvalue weighted by Crippen LogP contribution is 2.01. The summed E-state index contributed by atoms with van der Waals surface area (Å²) < 4.78 is 0. The molecule has 1 nitrogen and oxygen atoms in total. The summed E-state index contributed by atoms with van der Waals surface area (Å²) in [6.07, 6.45) is 17.8. The summed E-state index contributed by atoms with van der Waals surface area (Å²) >= 11 is 1.77. The molecule has 92 valence electrons. The van der Waals surface area contributed by atoms with Gasteiger partial charge in [-0.1, -0.05) is 36.5 Å². The highest BCUT2D eigenvalue weighted by molar-refractivity contribution is 7.99. The van der Waals surface area contributed by atoms with Crippen LogP contribution in [0.3, 0.4) is 0 Å². The van der Waals surface area contributed by atoms with Gasteiger partial charge < -0.3 is 5.11 Å². The third-order valence-corrected chi connectivity index (χ3v) is 2.92. The lowest BCUT2D eigenvalue weighted by atomic mass is 10.2. The maximum Gasteiger partial charge on any atom is 0.0521 e. The number of allylic oxidation sites excluding steroid dienone is 5. The lowest BCUT2D eigenvalue weighted by Gasteiger charge is -1.92. The van der Waals surface area contributed by atoms with Crippen LogP contribution in [0.4, 0.5) is 0 Å². The van der Waals surface area contributed by atoms with E-state index in [4.69, 9.17) is 5.11 Å². The summed E-state index contributed by atoms with van der Waals surface area (Å²) in [7, 11) is 0. The second kappa shape index (κ2) is 14.5. The molecule has 0 rings (SSSR count). The van der Waals surface area contributed by atoms with Crippen molar-refractivity contribution in [3.05, 3.63) is 36.5 Å². The van der Waals surface area contributed by atoms with Crippen molar-refractivity contribution in [2.45, 2.75) is 32.6 Å². The molecule has 16 heavy (non-hydrogen) atoms. The Bertz CT molecular complexity index is 207. The van der Waals surface area contributed by atoms with E-state index in [1.807, 2.05) is 0 Å². The number of aliphatic hydroxyl groups is 1. The monoisotopic (exact) mass is 240 g/mol. The van der Waals surface area contributed by atoms with Crippen LogP contribution in [0.2, 0.25) is 0 Å². The number of aliphatic hydroxyl groups excluding tert-OH is 1. The molecule has 2 heteroatoms. The molecular formula is C14H24OS. The van der Waals surface area contributed by atoms with E-state index in [-0.39, 0.29) is 6.61 Å². The van der Waals surface area contributed by atoms with Gasteiger partial charge in [0, 0.05) is 11.5 Å². The molecule has 0 spiro atoms. The largest absolute Gasteiger partial charge is 0.396 e. The molecule has 0 aliphatic carbocycles. The standard InChI is InChI=1S/C14H24OS/c1-2-3-4-5-6-7-8-9-10-11-13-16-14-12-15/h2-3,6-7,10-11,15H,4-5,8-9,12-14H2,1H3. The molecule has 0 saturated heterocycles. The zero-order chi connectivity index (χ0) is 11.9. The molecule has 0 unspecified atom stereocenters. The Labute approximate surface area is 104 Å². The Balaban J connectivity index is 3.18. The molecule has 0 aliphatic rings. The Morgan fingerprint density at radius 2 is 1.44 bits per heavy atom. The van der Waals surface area contributed by atoms with Crippen molar-refractivity contribution < 1.29 is 5.11 Å². The molecule has 0 heterocycles. The van der Waals surface area contributed by atoms with E-state index in [2.05, 4.69) is 43.4 Å². The Hall–Kier alpha value is -0.470. The number of hydrogen-bond donors (Lipinski definition) is 1. The maximum atomic E-state index is 8.57. The highest BCUT2D eigenvalue weighted by atomic mass is 32.2. The first-order chi connectivity index (χ1) is 7.91. The molecule has 1 N–H and O–H groups in total.